The van der Waals surface area contributed by atoms with Crippen molar-refractivity contribution in [2.75, 3.05) is 0 Å². The van der Waals surface area contributed by atoms with Gasteiger partial charge in [-0.15, -0.1) is 0 Å². The van der Waals surface area contributed by atoms with Crippen molar-refractivity contribution in [3.8, 4) is 0 Å². The zero-order valence-corrected chi connectivity index (χ0v) is 10.0. The molecule has 0 radical (unpaired) electrons. The zero-order chi connectivity index (χ0) is 11.3. The van der Waals surface area contributed by atoms with E-state index in [4.69, 9.17) is 0 Å². The smallest absolute Gasteiger partial charge is 0.0190 e. The van der Waals surface area contributed by atoms with E-state index >= 15 is 0 Å². The molecule has 15 heavy (non-hydrogen) atoms. The highest BCUT2D eigenvalue weighted by atomic mass is 14.0. The maximum absolute atomic E-state index is 4.11. The van der Waals surface area contributed by atoms with Crippen molar-refractivity contribution in [2.24, 2.45) is 0 Å². The van der Waals surface area contributed by atoms with E-state index in [2.05, 4.69) is 57.7 Å². The summed E-state index contributed by atoms with van der Waals surface area (Å²) in [4.78, 5) is 0. The first kappa shape index (κ1) is 11.8. The topological polar surface area (TPSA) is 0 Å². The van der Waals surface area contributed by atoms with Crippen LogP contribution in [0.15, 0.2) is 42.5 Å². The maximum atomic E-state index is 4.11. The Morgan fingerprint density at radius 3 is 2.13 bits per heavy atom. The van der Waals surface area contributed by atoms with Crippen LogP contribution in [0, 0.1) is 6.92 Å². The third kappa shape index (κ3) is 3.39. The van der Waals surface area contributed by atoms with Crippen LogP contribution >= 0.6 is 0 Å². The van der Waals surface area contributed by atoms with E-state index in [1.165, 1.54) is 16.7 Å². The Morgan fingerprint density at radius 1 is 1.13 bits per heavy atom. The van der Waals surface area contributed by atoms with E-state index in [1.807, 2.05) is 0 Å². The summed E-state index contributed by atoms with van der Waals surface area (Å²) in [6, 6.07) is 8.53. The van der Waals surface area contributed by atoms with Gasteiger partial charge in [0.1, 0.15) is 0 Å². The first-order chi connectivity index (χ1) is 7.17. The molecule has 0 aliphatic carbocycles. The summed E-state index contributed by atoms with van der Waals surface area (Å²) in [6.07, 6.45) is 4.44. The highest BCUT2D eigenvalue weighted by Crippen LogP contribution is 2.18. The van der Waals surface area contributed by atoms with Crippen LogP contribution in [0.3, 0.4) is 0 Å². The fourth-order valence-corrected chi connectivity index (χ4v) is 1.55. The third-order valence-electron chi connectivity index (χ3n) is 2.71. The number of aryl methyl sites for hydroxylation is 1. The van der Waals surface area contributed by atoms with Crippen LogP contribution in [0.1, 0.15) is 37.8 Å². The van der Waals surface area contributed by atoms with Gasteiger partial charge < -0.3 is 0 Å². The van der Waals surface area contributed by atoms with Gasteiger partial charge in [-0.3, -0.25) is 0 Å². The Kier molecular flexibility index (Phi) is 4.36. The van der Waals surface area contributed by atoms with E-state index in [9.17, 15) is 0 Å². The van der Waals surface area contributed by atoms with Crippen molar-refractivity contribution in [2.45, 2.75) is 33.6 Å². The number of rotatable bonds is 4. The predicted octanol–water partition coefficient (Wildman–Crippen LogP) is 4.75. The zero-order valence-electron chi connectivity index (χ0n) is 10.0. The minimum absolute atomic E-state index is 1.11. The van der Waals surface area contributed by atoms with E-state index < -0.39 is 0 Å². The molecule has 0 heteroatoms. The minimum atomic E-state index is 1.11. The molecule has 0 aliphatic heterocycles. The van der Waals surface area contributed by atoms with Gasteiger partial charge in [0, 0.05) is 0 Å². The summed E-state index contributed by atoms with van der Waals surface area (Å²) in [5.74, 6) is 0. The van der Waals surface area contributed by atoms with Gasteiger partial charge in [0.05, 0.1) is 0 Å². The molecule has 80 valence electrons. The molecule has 0 amide bonds. The number of allylic oxidation sites excluding steroid dienone is 3. The predicted molar refractivity (Wildman–Crippen MR) is 68.9 cm³/mol. The summed E-state index contributed by atoms with van der Waals surface area (Å²) in [5, 5.41) is 0. The van der Waals surface area contributed by atoms with Crippen molar-refractivity contribution in [3.63, 3.8) is 0 Å². The van der Waals surface area contributed by atoms with Crippen LogP contribution in [-0.2, 0) is 0 Å². The third-order valence-corrected chi connectivity index (χ3v) is 2.71. The van der Waals surface area contributed by atoms with Crippen LogP contribution < -0.4 is 0 Å². The molecule has 0 unspecified atom stereocenters. The Morgan fingerprint density at radius 2 is 1.67 bits per heavy atom. The molecule has 0 nitrogen and oxygen atoms in total. The molecule has 1 aromatic rings. The summed E-state index contributed by atoms with van der Waals surface area (Å²) in [6.45, 7) is 10.6. The lowest BCUT2D eigenvalue weighted by atomic mass is 10.0. The molecule has 0 aliphatic rings. The molecule has 0 N–H and O–H groups in total. The first-order valence-corrected chi connectivity index (χ1v) is 5.62. The SMILES string of the molecule is C=C(C=C(CC)CC)c1ccc(C)cc1. The van der Waals surface area contributed by atoms with Crippen LogP contribution in [0.25, 0.3) is 5.57 Å². The van der Waals surface area contributed by atoms with Gasteiger partial charge in [-0.25, -0.2) is 0 Å². The number of hydrogen-bond acceptors (Lipinski definition) is 0. The Labute approximate surface area is 93.3 Å². The molecule has 0 heterocycles. The molecule has 1 rings (SSSR count). The lowest BCUT2D eigenvalue weighted by molar-refractivity contribution is 0.979. The Balaban J connectivity index is 2.85. The fraction of sp³-hybridized carbons (Fsp3) is 0.333. The fourth-order valence-electron chi connectivity index (χ4n) is 1.55. The molecule has 0 saturated carbocycles. The average Bonchev–Trinajstić information content (AvgIpc) is 2.26. The quantitative estimate of drug-likeness (QED) is 0.615. The van der Waals surface area contributed by atoms with Gasteiger partial charge in [-0.05, 0) is 30.9 Å². The molecule has 0 atom stereocenters. The van der Waals surface area contributed by atoms with E-state index in [0.29, 0.717) is 0 Å². The standard InChI is InChI=1S/C15H20/c1-5-14(6-2)11-13(4)15-9-7-12(3)8-10-15/h7-11H,4-6H2,1-3H3. The van der Waals surface area contributed by atoms with E-state index in [1.54, 1.807) is 0 Å². The summed E-state index contributed by atoms with van der Waals surface area (Å²) in [5.41, 5.74) is 5.09. The van der Waals surface area contributed by atoms with Crippen LogP contribution in [-0.4, -0.2) is 0 Å². The molecule has 0 fully saturated rings. The van der Waals surface area contributed by atoms with Crippen LogP contribution in [0.2, 0.25) is 0 Å². The Bertz CT molecular complexity index is 346. The normalized spacial score (nSPS) is 9.80. The minimum Gasteiger partial charge on any atom is -0.0912 e. The van der Waals surface area contributed by atoms with Gasteiger partial charge >= 0.3 is 0 Å². The average molecular weight is 200 g/mol. The molecule has 0 saturated heterocycles. The second-order valence-corrected chi connectivity index (χ2v) is 3.90. The van der Waals surface area contributed by atoms with Gasteiger partial charge in [-0.1, -0.05) is 61.9 Å². The van der Waals surface area contributed by atoms with Crippen LogP contribution in [0.5, 0.6) is 0 Å². The van der Waals surface area contributed by atoms with Crippen molar-refractivity contribution < 1.29 is 0 Å². The maximum Gasteiger partial charge on any atom is -0.0190 e. The van der Waals surface area contributed by atoms with E-state index in [0.717, 1.165) is 18.4 Å². The van der Waals surface area contributed by atoms with Gasteiger partial charge in [0.15, 0.2) is 0 Å². The molecular formula is C15H20. The van der Waals surface area contributed by atoms with Crippen molar-refractivity contribution in [3.05, 3.63) is 53.6 Å². The summed E-state index contributed by atoms with van der Waals surface area (Å²) < 4.78 is 0. The molecule has 0 aromatic heterocycles. The highest BCUT2D eigenvalue weighted by molar-refractivity contribution is 5.72. The first-order valence-electron chi connectivity index (χ1n) is 5.62. The van der Waals surface area contributed by atoms with Crippen LogP contribution in [0.4, 0.5) is 0 Å². The molecular weight excluding hydrogens is 180 g/mol. The number of benzene rings is 1. The largest absolute Gasteiger partial charge is 0.0912 e. The second kappa shape index (κ2) is 5.55. The lowest BCUT2D eigenvalue weighted by Gasteiger charge is -2.04. The molecule has 0 spiro atoms. The van der Waals surface area contributed by atoms with Gasteiger partial charge in [0.25, 0.3) is 0 Å². The monoisotopic (exact) mass is 200 g/mol. The Hall–Kier alpha value is -1.30. The van der Waals surface area contributed by atoms with Crippen molar-refractivity contribution >= 4 is 5.57 Å². The van der Waals surface area contributed by atoms with Crippen molar-refractivity contribution in [1.82, 2.24) is 0 Å². The van der Waals surface area contributed by atoms with Crippen molar-refractivity contribution in [1.29, 1.82) is 0 Å². The number of hydrogen-bond donors (Lipinski definition) is 0. The summed E-state index contributed by atoms with van der Waals surface area (Å²) in [7, 11) is 0. The molecule has 0 bridgehead atoms. The molecule has 1 aromatic carbocycles. The van der Waals surface area contributed by atoms with Gasteiger partial charge in [0.2, 0.25) is 0 Å². The second-order valence-electron chi connectivity index (χ2n) is 3.90. The highest BCUT2D eigenvalue weighted by Gasteiger charge is 1.97. The summed E-state index contributed by atoms with van der Waals surface area (Å²) >= 11 is 0. The van der Waals surface area contributed by atoms with E-state index in [-0.39, 0.29) is 0 Å². The van der Waals surface area contributed by atoms with Gasteiger partial charge in [-0.2, -0.15) is 0 Å². The lowest BCUT2D eigenvalue weighted by Crippen LogP contribution is -1.83.